The van der Waals surface area contributed by atoms with Crippen LogP contribution in [0, 0.1) is 6.92 Å². The fraction of sp³-hybridized carbons (Fsp3) is 0.188. The summed E-state index contributed by atoms with van der Waals surface area (Å²) in [6.45, 7) is 2.35. The molecule has 0 saturated heterocycles. The summed E-state index contributed by atoms with van der Waals surface area (Å²) in [5, 5.41) is 14.9. The van der Waals surface area contributed by atoms with Crippen molar-refractivity contribution >= 4 is 29.1 Å². The van der Waals surface area contributed by atoms with Crippen molar-refractivity contribution in [3.8, 4) is 11.3 Å². The highest BCUT2D eigenvalue weighted by molar-refractivity contribution is 6.36. The van der Waals surface area contributed by atoms with Crippen LogP contribution in [0.3, 0.4) is 0 Å². The Hall–Kier alpha value is -2.31. The summed E-state index contributed by atoms with van der Waals surface area (Å²) in [6, 6.07) is 6.78. The van der Waals surface area contributed by atoms with Gasteiger partial charge in [0.05, 0.1) is 16.9 Å². The van der Waals surface area contributed by atoms with Crippen LogP contribution in [-0.4, -0.2) is 25.9 Å². The van der Waals surface area contributed by atoms with Gasteiger partial charge >= 0.3 is 0 Å². The molecule has 3 aromatic rings. The van der Waals surface area contributed by atoms with E-state index < -0.39 is 0 Å². The molecule has 0 atom stereocenters. The van der Waals surface area contributed by atoms with Gasteiger partial charge in [-0.15, -0.1) is 0 Å². The van der Waals surface area contributed by atoms with Gasteiger partial charge in [0.2, 0.25) is 0 Å². The molecule has 6 nitrogen and oxygen atoms in total. The normalized spacial score (nSPS) is 10.8. The maximum Gasteiger partial charge on any atom is 0.269 e. The summed E-state index contributed by atoms with van der Waals surface area (Å²) in [7, 11) is 1.86. The molecule has 1 amide bonds. The molecule has 0 unspecified atom stereocenters. The second kappa shape index (κ2) is 6.67. The van der Waals surface area contributed by atoms with Crippen LogP contribution in [0.25, 0.3) is 11.3 Å². The molecule has 2 aromatic heterocycles. The van der Waals surface area contributed by atoms with Crippen LogP contribution in [0.4, 0.5) is 0 Å². The first-order chi connectivity index (χ1) is 11.5. The van der Waals surface area contributed by atoms with Crippen LogP contribution in [-0.2, 0) is 13.6 Å². The van der Waals surface area contributed by atoms with Crippen molar-refractivity contribution in [1.29, 1.82) is 0 Å². The summed E-state index contributed by atoms with van der Waals surface area (Å²) in [6.07, 6.45) is 1.74. The number of nitrogens with one attached hydrogen (secondary N) is 2. The Balaban J connectivity index is 1.73. The lowest BCUT2D eigenvalue weighted by atomic mass is 10.1. The molecule has 2 N–H and O–H groups in total. The molecule has 124 valence electrons. The molecule has 1 aromatic carbocycles. The molecule has 0 aliphatic rings. The van der Waals surface area contributed by atoms with Crippen molar-refractivity contribution in [2.75, 3.05) is 0 Å². The molecule has 0 spiro atoms. The molecule has 2 heterocycles. The minimum Gasteiger partial charge on any atom is -0.347 e. The number of H-pyrrole nitrogens is 1. The standard InChI is InChI=1S/C16H15Cl2N5O/c1-9-10(8-20-23(9)2)7-19-16(24)15-6-14(21-22-15)12-4-3-11(17)5-13(12)18/h3-6,8H,7H2,1-2H3,(H,19,24)(H,21,22). The molecule has 24 heavy (non-hydrogen) atoms. The van der Waals surface area contributed by atoms with Gasteiger partial charge < -0.3 is 5.32 Å². The molecule has 3 rings (SSSR count). The zero-order valence-electron chi connectivity index (χ0n) is 13.1. The first kappa shape index (κ1) is 16.5. The monoisotopic (exact) mass is 363 g/mol. The Bertz CT molecular complexity index is 900. The topological polar surface area (TPSA) is 75.6 Å². The highest BCUT2D eigenvalue weighted by Crippen LogP contribution is 2.29. The maximum absolute atomic E-state index is 12.3. The summed E-state index contributed by atoms with van der Waals surface area (Å²) in [4.78, 5) is 12.3. The van der Waals surface area contributed by atoms with Crippen molar-refractivity contribution in [2.24, 2.45) is 7.05 Å². The van der Waals surface area contributed by atoms with E-state index in [4.69, 9.17) is 23.2 Å². The third kappa shape index (κ3) is 3.29. The van der Waals surface area contributed by atoms with Gasteiger partial charge in [0.1, 0.15) is 5.69 Å². The summed E-state index contributed by atoms with van der Waals surface area (Å²) < 4.78 is 1.76. The SMILES string of the molecule is Cc1c(CNC(=O)c2cc(-c3ccc(Cl)cc3Cl)n[nH]2)cnn1C. The van der Waals surface area contributed by atoms with Crippen LogP contribution in [0.2, 0.25) is 10.0 Å². The number of aromatic amines is 1. The van der Waals surface area contributed by atoms with E-state index in [1.165, 1.54) is 0 Å². The highest BCUT2D eigenvalue weighted by atomic mass is 35.5. The van der Waals surface area contributed by atoms with Gasteiger partial charge in [-0.05, 0) is 31.2 Å². The van der Waals surface area contributed by atoms with Crippen molar-refractivity contribution < 1.29 is 4.79 Å². The zero-order valence-corrected chi connectivity index (χ0v) is 14.6. The van der Waals surface area contributed by atoms with E-state index in [9.17, 15) is 4.79 Å². The molecular formula is C16H15Cl2N5O. The van der Waals surface area contributed by atoms with Crippen LogP contribution >= 0.6 is 23.2 Å². The van der Waals surface area contributed by atoms with Crippen molar-refractivity contribution in [2.45, 2.75) is 13.5 Å². The number of hydrogen-bond donors (Lipinski definition) is 2. The Morgan fingerprint density at radius 3 is 2.79 bits per heavy atom. The first-order valence-corrected chi connectivity index (χ1v) is 7.98. The second-order valence-corrected chi connectivity index (χ2v) is 6.20. The van der Waals surface area contributed by atoms with Gasteiger partial charge in [0.25, 0.3) is 5.91 Å². The van der Waals surface area contributed by atoms with Crippen LogP contribution in [0.5, 0.6) is 0 Å². The predicted octanol–water partition coefficient (Wildman–Crippen LogP) is 3.36. The number of benzene rings is 1. The number of carbonyl (C=O) groups is 1. The van der Waals surface area contributed by atoms with Crippen molar-refractivity contribution in [3.63, 3.8) is 0 Å². The van der Waals surface area contributed by atoms with Gasteiger partial charge in [-0.25, -0.2) is 0 Å². The van der Waals surface area contributed by atoms with E-state index in [0.29, 0.717) is 33.5 Å². The molecule has 0 fully saturated rings. The molecular weight excluding hydrogens is 349 g/mol. The number of halogens is 2. The molecule has 0 aliphatic carbocycles. The average Bonchev–Trinajstić information content (AvgIpc) is 3.14. The number of aryl methyl sites for hydroxylation is 1. The maximum atomic E-state index is 12.3. The highest BCUT2D eigenvalue weighted by Gasteiger charge is 2.14. The number of rotatable bonds is 4. The van der Waals surface area contributed by atoms with E-state index in [1.807, 2.05) is 14.0 Å². The van der Waals surface area contributed by atoms with E-state index in [1.54, 1.807) is 35.1 Å². The van der Waals surface area contributed by atoms with Crippen LogP contribution in [0.15, 0.2) is 30.5 Å². The number of hydrogen-bond acceptors (Lipinski definition) is 3. The van der Waals surface area contributed by atoms with Gasteiger partial charge in [-0.1, -0.05) is 23.2 Å². The smallest absolute Gasteiger partial charge is 0.269 e. The van der Waals surface area contributed by atoms with Crippen LogP contribution in [0.1, 0.15) is 21.7 Å². The third-order valence-corrected chi connectivity index (χ3v) is 4.35. The fourth-order valence-corrected chi connectivity index (χ4v) is 2.77. The van der Waals surface area contributed by atoms with E-state index in [-0.39, 0.29) is 5.91 Å². The molecule has 0 saturated carbocycles. The number of amides is 1. The van der Waals surface area contributed by atoms with Gasteiger partial charge in [0, 0.05) is 35.4 Å². The first-order valence-electron chi connectivity index (χ1n) is 7.22. The minimum atomic E-state index is -0.248. The van der Waals surface area contributed by atoms with Gasteiger partial charge in [-0.2, -0.15) is 10.2 Å². The number of nitrogens with zero attached hydrogens (tertiary/aromatic N) is 3. The summed E-state index contributed by atoms with van der Waals surface area (Å²) >= 11 is 12.1. The Kier molecular flexibility index (Phi) is 4.59. The molecule has 0 radical (unpaired) electrons. The molecule has 8 heteroatoms. The van der Waals surface area contributed by atoms with E-state index in [2.05, 4.69) is 20.6 Å². The predicted molar refractivity (Wildman–Crippen MR) is 93.2 cm³/mol. The largest absolute Gasteiger partial charge is 0.347 e. The summed E-state index contributed by atoms with van der Waals surface area (Å²) in [5.74, 6) is -0.248. The third-order valence-electron chi connectivity index (χ3n) is 3.81. The zero-order chi connectivity index (χ0) is 17.3. The van der Waals surface area contributed by atoms with Gasteiger partial charge in [-0.3, -0.25) is 14.6 Å². The molecule has 0 aliphatic heterocycles. The fourth-order valence-electron chi connectivity index (χ4n) is 2.26. The molecule has 0 bridgehead atoms. The number of aromatic nitrogens is 4. The lowest BCUT2D eigenvalue weighted by Gasteiger charge is -2.03. The number of carbonyl (C=O) groups excluding carboxylic acids is 1. The van der Waals surface area contributed by atoms with Crippen LogP contribution < -0.4 is 5.32 Å². The Morgan fingerprint density at radius 1 is 1.33 bits per heavy atom. The quantitative estimate of drug-likeness (QED) is 0.746. The summed E-state index contributed by atoms with van der Waals surface area (Å²) in [5.41, 5.74) is 3.62. The average molecular weight is 364 g/mol. The van der Waals surface area contributed by atoms with Crippen molar-refractivity contribution in [3.05, 3.63) is 57.5 Å². The Morgan fingerprint density at radius 2 is 2.12 bits per heavy atom. The lowest BCUT2D eigenvalue weighted by molar-refractivity contribution is 0.0946. The lowest BCUT2D eigenvalue weighted by Crippen LogP contribution is -2.23. The van der Waals surface area contributed by atoms with E-state index in [0.717, 1.165) is 11.3 Å². The second-order valence-electron chi connectivity index (χ2n) is 5.35. The Labute approximate surface area is 148 Å². The van der Waals surface area contributed by atoms with E-state index >= 15 is 0 Å². The van der Waals surface area contributed by atoms with Crippen molar-refractivity contribution in [1.82, 2.24) is 25.3 Å². The minimum absolute atomic E-state index is 0.248. The van der Waals surface area contributed by atoms with Gasteiger partial charge in [0.15, 0.2) is 0 Å².